The molecule has 0 aromatic heterocycles. The van der Waals surface area contributed by atoms with E-state index in [1.54, 1.807) is 12.1 Å². The molecular formula is C13H21N3O2S. The van der Waals surface area contributed by atoms with Gasteiger partial charge in [0.25, 0.3) is 0 Å². The van der Waals surface area contributed by atoms with Crippen LogP contribution >= 0.6 is 0 Å². The van der Waals surface area contributed by atoms with E-state index in [9.17, 15) is 8.42 Å². The summed E-state index contributed by atoms with van der Waals surface area (Å²) in [4.78, 5) is 0.303. The van der Waals surface area contributed by atoms with Crippen LogP contribution in [-0.2, 0) is 10.0 Å². The van der Waals surface area contributed by atoms with Gasteiger partial charge in [0.1, 0.15) is 4.90 Å². The quantitative estimate of drug-likeness (QED) is 0.775. The predicted octanol–water partition coefficient (Wildman–Crippen LogP) is 1.15. The summed E-state index contributed by atoms with van der Waals surface area (Å²) in [5.41, 5.74) is 0.603. The lowest BCUT2D eigenvalue weighted by molar-refractivity contribution is 0.364. The van der Waals surface area contributed by atoms with Crippen molar-refractivity contribution < 1.29 is 8.42 Å². The van der Waals surface area contributed by atoms with Crippen molar-refractivity contribution >= 4 is 15.7 Å². The fraction of sp³-hybridized carbons (Fsp3) is 0.538. The second-order valence-corrected chi connectivity index (χ2v) is 6.99. The average molecular weight is 283 g/mol. The van der Waals surface area contributed by atoms with Crippen molar-refractivity contribution in [3.8, 4) is 0 Å². The molecule has 5 nitrogen and oxygen atoms in total. The Balaban J connectivity index is 2.30. The number of piperidine rings is 1. The Bertz CT molecular complexity index is 537. The first-order valence-electron chi connectivity index (χ1n) is 6.48. The number of nitrogens with one attached hydrogen (secondary N) is 3. The lowest BCUT2D eigenvalue weighted by atomic mass is 9.90. The molecule has 6 heteroatoms. The van der Waals surface area contributed by atoms with Gasteiger partial charge >= 0.3 is 0 Å². The van der Waals surface area contributed by atoms with Crippen molar-refractivity contribution in [2.24, 2.45) is 0 Å². The van der Waals surface area contributed by atoms with Gasteiger partial charge < -0.3 is 10.6 Å². The van der Waals surface area contributed by atoms with Crippen LogP contribution in [-0.4, -0.2) is 34.1 Å². The third-order valence-electron chi connectivity index (χ3n) is 3.59. The Kier molecular flexibility index (Phi) is 4.13. The van der Waals surface area contributed by atoms with E-state index >= 15 is 0 Å². The van der Waals surface area contributed by atoms with E-state index in [-0.39, 0.29) is 5.54 Å². The zero-order chi connectivity index (χ0) is 13.9. The lowest BCUT2D eigenvalue weighted by Crippen LogP contribution is -2.45. The summed E-state index contributed by atoms with van der Waals surface area (Å²) in [7, 11) is -2.01. The molecule has 2 rings (SSSR count). The van der Waals surface area contributed by atoms with Gasteiger partial charge in [0.05, 0.1) is 5.69 Å². The van der Waals surface area contributed by atoms with Gasteiger partial charge in [-0.1, -0.05) is 12.1 Å². The number of sulfonamides is 1. The van der Waals surface area contributed by atoms with E-state index < -0.39 is 10.0 Å². The summed E-state index contributed by atoms with van der Waals surface area (Å²) in [6.07, 6.45) is 1.95. The molecule has 1 heterocycles. The molecule has 1 fully saturated rings. The fourth-order valence-electron chi connectivity index (χ4n) is 2.34. The Morgan fingerprint density at radius 1 is 1.21 bits per heavy atom. The molecule has 0 atom stereocenters. The summed E-state index contributed by atoms with van der Waals surface area (Å²) < 4.78 is 26.4. The summed E-state index contributed by atoms with van der Waals surface area (Å²) in [6, 6.07) is 7.03. The van der Waals surface area contributed by atoms with E-state index in [0.717, 1.165) is 25.9 Å². The number of benzene rings is 1. The number of rotatable bonds is 4. The molecule has 0 amide bonds. The highest BCUT2D eigenvalue weighted by Crippen LogP contribution is 2.28. The monoisotopic (exact) mass is 283 g/mol. The van der Waals surface area contributed by atoms with Crippen LogP contribution in [0.15, 0.2) is 29.2 Å². The van der Waals surface area contributed by atoms with Crippen LogP contribution in [0, 0.1) is 0 Å². The first kappa shape index (κ1) is 14.3. The highest BCUT2D eigenvalue weighted by molar-refractivity contribution is 7.89. The van der Waals surface area contributed by atoms with Crippen LogP contribution in [0.5, 0.6) is 0 Å². The second kappa shape index (κ2) is 5.48. The summed E-state index contributed by atoms with van der Waals surface area (Å²) in [6.45, 7) is 4.03. The molecule has 0 saturated carbocycles. The van der Waals surface area contributed by atoms with Crippen molar-refractivity contribution in [3.05, 3.63) is 24.3 Å². The van der Waals surface area contributed by atoms with Crippen molar-refractivity contribution in [1.29, 1.82) is 0 Å². The lowest BCUT2D eigenvalue weighted by Gasteiger charge is -2.36. The van der Waals surface area contributed by atoms with Crippen molar-refractivity contribution in [1.82, 2.24) is 10.0 Å². The van der Waals surface area contributed by atoms with E-state index in [1.807, 2.05) is 12.1 Å². The molecule has 1 saturated heterocycles. The molecule has 3 N–H and O–H groups in total. The molecule has 0 radical (unpaired) electrons. The summed E-state index contributed by atoms with van der Waals surface area (Å²) >= 11 is 0. The van der Waals surface area contributed by atoms with Crippen LogP contribution in [0.3, 0.4) is 0 Å². The third-order valence-corrected chi connectivity index (χ3v) is 5.06. The Hall–Kier alpha value is -1.11. The minimum atomic E-state index is -3.43. The smallest absolute Gasteiger partial charge is 0.242 e. The van der Waals surface area contributed by atoms with Gasteiger partial charge in [0, 0.05) is 5.54 Å². The van der Waals surface area contributed by atoms with Gasteiger partial charge in [0.2, 0.25) is 10.0 Å². The molecule has 1 aromatic rings. The zero-order valence-electron chi connectivity index (χ0n) is 11.4. The fourth-order valence-corrected chi connectivity index (χ4v) is 3.23. The van der Waals surface area contributed by atoms with Gasteiger partial charge in [-0.25, -0.2) is 13.1 Å². The SMILES string of the molecule is CNS(=O)(=O)c1ccccc1NC1(C)CCNCC1. The van der Waals surface area contributed by atoms with Crippen LogP contribution in [0.4, 0.5) is 5.69 Å². The molecule has 0 bridgehead atoms. The molecule has 1 aromatic carbocycles. The largest absolute Gasteiger partial charge is 0.379 e. The molecule has 0 spiro atoms. The van der Waals surface area contributed by atoms with Gasteiger partial charge in [0.15, 0.2) is 0 Å². The minimum absolute atomic E-state index is 0.0649. The van der Waals surface area contributed by atoms with E-state index in [4.69, 9.17) is 0 Å². The predicted molar refractivity (Wildman–Crippen MR) is 76.8 cm³/mol. The standard InChI is InChI=1S/C13H21N3O2S/c1-13(7-9-15-10-8-13)16-11-5-3-4-6-12(11)19(17,18)14-2/h3-6,14-16H,7-10H2,1-2H3. The third kappa shape index (κ3) is 3.26. The van der Waals surface area contributed by atoms with Crippen LogP contribution in [0.2, 0.25) is 0 Å². The first-order valence-corrected chi connectivity index (χ1v) is 7.97. The number of hydrogen-bond donors (Lipinski definition) is 3. The van der Waals surface area contributed by atoms with Crippen molar-refractivity contribution in [2.45, 2.75) is 30.2 Å². The van der Waals surface area contributed by atoms with E-state index in [0.29, 0.717) is 10.6 Å². The van der Waals surface area contributed by atoms with Crippen LogP contribution in [0.1, 0.15) is 19.8 Å². The van der Waals surface area contributed by atoms with E-state index in [1.165, 1.54) is 7.05 Å². The zero-order valence-corrected chi connectivity index (χ0v) is 12.2. The van der Waals surface area contributed by atoms with Crippen LogP contribution in [0.25, 0.3) is 0 Å². The Morgan fingerprint density at radius 3 is 2.47 bits per heavy atom. The highest BCUT2D eigenvalue weighted by atomic mass is 32.2. The molecule has 19 heavy (non-hydrogen) atoms. The number of para-hydroxylation sites is 1. The summed E-state index contributed by atoms with van der Waals surface area (Å²) in [5, 5.41) is 6.72. The Labute approximate surface area is 114 Å². The van der Waals surface area contributed by atoms with Crippen molar-refractivity contribution in [3.63, 3.8) is 0 Å². The van der Waals surface area contributed by atoms with Crippen molar-refractivity contribution in [2.75, 3.05) is 25.5 Å². The Morgan fingerprint density at radius 2 is 1.84 bits per heavy atom. The maximum absolute atomic E-state index is 12.0. The maximum Gasteiger partial charge on any atom is 0.242 e. The van der Waals surface area contributed by atoms with Gasteiger partial charge in [-0.15, -0.1) is 0 Å². The summed E-state index contributed by atoms with van der Waals surface area (Å²) in [5.74, 6) is 0. The number of anilines is 1. The molecule has 0 aliphatic carbocycles. The van der Waals surface area contributed by atoms with E-state index in [2.05, 4.69) is 22.3 Å². The maximum atomic E-state index is 12.0. The molecule has 0 unspecified atom stereocenters. The first-order chi connectivity index (χ1) is 8.97. The highest BCUT2D eigenvalue weighted by Gasteiger charge is 2.28. The normalized spacial score (nSPS) is 19.1. The average Bonchev–Trinajstić information content (AvgIpc) is 2.39. The topological polar surface area (TPSA) is 70.2 Å². The number of hydrogen-bond acceptors (Lipinski definition) is 4. The molecule has 106 valence electrons. The van der Waals surface area contributed by atoms with Crippen LogP contribution < -0.4 is 15.4 Å². The van der Waals surface area contributed by atoms with Gasteiger partial charge in [-0.3, -0.25) is 0 Å². The molecule has 1 aliphatic heterocycles. The molecule has 1 aliphatic rings. The second-order valence-electron chi connectivity index (χ2n) is 5.14. The minimum Gasteiger partial charge on any atom is -0.379 e. The van der Waals surface area contributed by atoms with Gasteiger partial charge in [-0.05, 0) is 52.0 Å². The van der Waals surface area contributed by atoms with Gasteiger partial charge in [-0.2, -0.15) is 0 Å². The molecular weight excluding hydrogens is 262 g/mol.